The van der Waals surface area contributed by atoms with E-state index in [1.807, 2.05) is 44.3 Å². The molecule has 1 aliphatic rings. The van der Waals surface area contributed by atoms with Crippen LogP contribution in [-0.4, -0.2) is 91.3 Å². The van der Waals surface area contributed by atoms with E-state index < -0.39 is 0 Å². The summed E-state index contributed by atoms with van der Waals surface area (Å²) in [6.45, 7) is 7.91. The zero-order valence-electron chi connectivity index (χ0n) is 19.7. The number of aryl methyl sites for hydroxylation is 2. The molecule has 2 atom stereocenters. The molecule has 1 amide bonds. The van der Waals surface area contributed by atoms with Crippen molar-refractivity contribution >= 4 is 17.3 Å². The number of ether oxygens (including phenoxy) is 2. The van der Waals surface area contributed by atoms with Crippen molar-refractivity contribution in [2.24, 2.45) is 0 Å². The molecular formula is C22H30N8O3. The predicted octanol–water partition coefficient (Wildman–Crippen LogP) is 2.15. The topological polar surface area (TPSA) is 111 Å². The maximum atomic E-state index is 12.4. The van der Waals surface area contributed by atoms with Gasteiger partial charge in [-0.2, -0.15) is 4.98 Å². The maximum Gasteiger partial charge on any atom is 0.409 e. The summed E-state index contributed by atoms with van der Waals surface area (Å²) in [6.07, 6.45) is 5.16. The third kappa shape index (κ3) is 4.87. The summed E-state index contributed by atoms with van der Waals surface area (Å²) in [5.41, 5.74) is 2.06. The van der Waals surface area contributed by atoms with Crippen molar-refractivity contribution in [1.29, 1.82) is 0 Å². The van der Waals surface area contributed by atoms with E-state index in [1.54, 1.807) is 17.3 Å². The quantitative estimate of drug-likeness (QED) is 0.530. The summed E-state index contributed by atoms with van der Waals surface area (Å²) < 4.78 is 13.6. The number of aromatic nitrogens is 6. The molecule has 0 radical (unpaired) electrons. The lowest BCUT2D eigenvalue weighted by Gasteiger charge is -2.22. The SMILES string of the molecule is CCn1c(-c2cnc(C)nc2)nc2c(OC3CCN(C(=O)OCC(C)N(C)C)C3)ncnc21. The van der Waals surface area contributed by atoms with Crippen LogP contribution in [0.1, 0.15) is 26.1 Å². The number of fused-ring (bicyclic) bond motifs is 1. The van der Waals surface area contributed by atoms with Crippen molar-refractivity contribution in [2.45, 2.75) is 45.9 Å². The van der Waals surface area contributed by atoms with Gasteiger partial charge in [0.2, 0.25) is 5.88 Å². The number of carbonyl (C=O) groups is 1. The first-order valence-corrected chi connectivity index (χ1v) is 11.1. The summed E-state index contributed by atoms with van der Waals surface area (Å²) in [7, 11) is 3.91. The van der Waals surface area contributed by atoms with Gasteiger partial charge in [0, 0.05) is 37.9 Å². The van der Waals surface area contributed by atoms with E-state index in [-0.39, 0.29) is 18.2 Å². The third-order valence-electron chi connectivity index (χ3n) is 5.86. The van der Waals surface area contributed by atoms with Gasteiger partial charge in [0.05, 0.1) is 12.1 Å². The Morgan fingerprint density at radius 1 is 1.24 bits per heavy atom. The van der Waals surface area contributed by atoms with E-state index in [2.05, 4.69) is 19.9 Å². The van der Waals surface area contributed by atoms with E-state index >= 15 is 0 Å². The van der Waals surface area contributed by atoms with E-state index in [0.29, 0.717) is 61.4 Å². The molecule has 3 aromatic heterocycles. The highest BCUT2D eigenvalue weighted by atomic mass is 16.6. The molecule has 33 heavy (non-hydrogen) atoms. The molecule has 0 spiro atoms. The predicted molar refractivity (Wildman–Crippen MR) is 122 cm³/mol. The Morgan fingerprint density at radius 2 is 2.00 bits per heavy atom. The highest BCUT2D eigenvalue weighted by Crippen LogP contribution is 2.29. The second kappa shape index (κ2) is 9.65. The van der Waals surface area contributed by atoms with Gasteiger partial charge >= 0.3 is 6.09 Å². The van der Waals surface area contributed by atoms with Crippen LogP contribution in [0, 0.1) is 6.92 Å². The number of rotatable bonds is 7. The van der Waals surface area contributed by atoms with Gasteiger partial charge in [-0.3, -0.25) is 0 Å². The number of amides is 1. The lowest BCUT2D eigenvalue weighted by atomic mass is 10.3. The smallest absolute Gasteiger partial charge is 0.409 e. The highest BCUT2D eigenvalue weighted by Gasteiger charge is 2.30. The molecule has 0 bridgehead atoms. The third-order valence-corrected chi connectivity index (χ3v) is 5.86. The molecule has 176 valence electrons. The van der Waals surface area contributed by atoms with E-state index in [4.69, 9.17) is 14.5 Å². The Labute approximate surface area is 192 Å². The molecule has 1 aliphatic heterocycles. The van der Waals surface area contributed by atoms with Crippen LogP contribution >= 0.6 is 0 Å². The Kier molecular flexibility index (Phi) is 6.68. The standard InChI is InChI=1S/C22H30N8O3/c1-6-30-19(16-9-23-15(3)24-10-16)27-18-20(30)25-13-26-21(18)33-17-7-8-29(11-17)22(31)32-12-14(2)28(4)5/h9-10,13-14,17H,6-8,11-12H2,1-5H3. The first-order valence-electron chi connectivity index (χ1n) is 11.1. The summed E-state index contributed by atoms with van der Waals surface area (Å²) >= 11 is 0. The van der Waals surface area contributed by atoms with Gasteiger partial charge < -0.3 is 23.8 Å². The summed E-state index contributed by atoms with van der Waals surface area (Å²) in [5, 5.41) is 0. The van der Waals surface area contributed by atoms with Crippen LogP contribution < -0.4 is 4.74 Å². The molecule has 0 N–H and O–H groups in total. The van der Waals surface area contributed by atoms with Gasteiger partial charge in [-0.25, -0.2) is 24.7 Å². The van der Waals surface area contributed by atoms with Crippen molar-refractivity contribution in [3.05, 3.63) is 24.5 Å². The van der Waals surface area contributed by atoms with E-state index in [1.165, 1.54) is 6.33 Å². The van der Waals surface area contributed by atoms with Crippen LogP contribution in [0.2, 0.25) is 0 Å². The fourth-order valence-corrected chi connectivity index (χ4v) is 3.61. The Balaban J connectivity index is 1.49. The average molecular weight is 455 g/mol. The molecule has 0 saturated carbocycles. The number of hydrogen-bond donors (Lipinski definition) is 0. The number of hydrogen-bond acceptors (Lipinski definition) is 9. The summed E-state index contributed by atoms with van der Waals surface area (Å²) in [5.74, 6) is 1.81. The summed E-state index contributed by atoms with van der Waals surface area (Å²) in [6, 6.07) is 0.153. The molecule has 11 heteroatoms. The molecule has 0 aliphatic carbocycles. The van der Waals surface area contributed by atoms with Gasteiger partial charge in [0.1, 0.15) is 30.7 Å². The van der Waals surface area contributed by atoms with Crippen LogP contribution in [-0.2, 0) is 11.3 Å². The molecule has 1 saturated heterocycles. The van der Waals surface area contributed by atoms with Crippen LogP contribution in [0.5, 0.6) is 5.88 Å². The minimum atomic E-state index is -0.320. The van der Waals surface area contributed by atoms with Crippen molar-refractivity contribution in [2.75, 3.05) is 33.8 Å². The molecule has 4 rings (SSSR count). The van der Waals surface area contributed by atoms with Crippen LogP contribution in [0.15, 0.2) is 18.7 Å². The number of likely N-dealkylation sites (N-methyl/N-ethyl adjacent to an activating group) is 1. The van der Waals surface area contributed by atoms with Gasteiger partial charge in [0.25, 0.3) is 0 Å². The zero-order chi connectivity index (χ0) is 23.5. The normalized spacial score (nSPS) is 17.0. The molecule has 1 fully saturated rings. The van der Waals surface area contributed by atoms with Gasteiger partial charge in [-0.15, -0.1) is 0 Å². The first-order chi connectivity index (χ1) is 15.9. The maximum absolute atomic E-state index is 12.4. The fraction of sp³-hybridized carbons (Fsp3) is 0.545. The minimum Gasteiger partial charge on any atom is -0.471 e. The second-order valence-electron chi connectivity index (χ2n) is 8.41. The number of nitrogens with zero attached hydrogens (tertiary/aromatic N) is 8. The number of likely N-dealkylation sites (tertiary alicyclic amines) is 1. The monoisotopic (exact) mass is 454 g/mol. The van der Waals surface area contributed by atoms with Crippen molar-refractivity contribution in [1.82, 2.24) is 39.3 Å². The van der Waals surface area contributed by atoms with Gasteiger partial charge in [-0.05, 0) is 34.9 Å². The van der Waals surface area contributed by atoms with Crippen molar-refractivity contribution < 1.29 is 14.3 Å². The van der Waals surface area contributed by atoms with Crippen LogP contribution in [0.4, 0.5) is 4.79 Å². The summed E-state index contributed by atoms with van der Waals surface area (Å²) in [4.78, 5) is 38.2. The zero-order valence-corrected chi connectivity index (χ0v) is 19.7. The molecule has 11 nitrogen and oxygen atoms in total. The van der Waals surface area contributed by atoms with Gasteiger partial charge in [0.15, 0.2) is 11.2 Å². The highest BCUT2D eigenvalue weighted by molar-refractivity contribution is 5.81. The Hall–Kier alpha value is -3.34. The minimum absolute atomic E-state index is 0.153. The molecule has 4 heterocycles. The first kappa shape index (κ1) is 22.8. The molecular weight excluding hydrogens is 424 g/mol. The lowest BCUT2D eigenvalue weighted by Crippen LogP contribution is -2.36. The Morgan fingerprint density at radius 3 is 2.70 bits per heavy atom. The second-order valence-corrected chi connectivity index (χ2v) is 8.41. The number of imidazole rings is 1. The van der Waals surface area contributed by atoms with Crippen molar-refractivity contribution in [3.63, 3.8) is 0 Å². The van der Waals surface area contributed by atoms with Gasteiger partial charge in [-0.1, -0.05) is 0 Å². The van der Waals surface area contributed by atoms with Crippen LogP contribution in [0.3, 0.4) is 0 Å². The largest absolute Gasteiger partial charge is 0.471 e. The van der Waals surface area contributed by atoms with Crippen LogP contribution in [0.25, 0.3) is 22.6 Å². The average Bonchev–Trinajstić information content (AvgIpc) is 3.42. The molecule has 0 aromatic carbocycles. The Bertz CT molecular complexity index is 1110. The fourth-order valence-electron chi connectivity index (χ4n) is 3.61. The lowest BCUT2D eigenvalue weighted by molar-refractivity contribution is 0.0834. The van der Waals surface area contributed by atoms with E-state index in [0.717, 1.165) is 5.56 Å². The number of carbonyl (C=O) groups excluding carboxylic acids is 1. The van der Waals surface area contributed by atoms with Crippen molar-refractivity contribution in [3.8, 4) is 17.3 Å². The van der Waals surface area contributed by atoms with E-state index in [9.17, 15) is 4.79 Å². The molecule has 3 aromatic rings. The molecule has 2 unspecified atom stereocenters.